The Balaban J connectivity index is 1.76. The first-order valence-corrected chi connectivity index (χ1v) is 12.2. The summed E-state index contributed by atoms with van der Waals surface area (Å²) in [6.07, 6.45) is 1.82. The van der Waals surface area contributed by atoms with Crippen molar-refractivity contribution in [2.24, 2.45) is 5.92 Å². The molecule has 0 bridgehead atoms. The summed E-state index contributed by atoms with van der Waals surface area (Å²) in [4.78, 5) is 28.8. The lowest BCUT2D eigenvalue weighted by Crippen LogP contribution is -2.51. The van der Waals surface area contributed by atoms with Gasteiger partial charge >= 0.3 is 0 Å². The number of carbonyl (C=O) groups is 2. The number of benzene rings is 2. The number of hydrogen-bond acceptors (Lipinski definition) is 4. The van der Waals surface area contributed by atoms with Gasteiger partial charge < -0.3 is 9.80 Å². The van der Waals surface area contributed by atoms with Crippen molar-refractivity contribution in [3.8, 4) is 11.1 Å². The molecule has 2 aromatic carbocycles. The van der Waals surface area contributed by atoms with Gasteiger partial charge in [0.1, 0.15) is 0 Å². The van der Waals surface area contributed by atoms with Crippen LogP contribution >= 0.6 is 0 Å². The number of amides is 2. The summed E-state index contributed by atoms with van der Waals surface area (Å²) in [5.41, 5.74) is 3.62. The summed E-state index contributed by atoms with van der Waals surface area (Å²) < 4.78 is 26.4. The molecule has 1 fully saturated rings. The number of fused-ring (bicyclic) bond motifs is 1. The van der Waals surface area contributed by atoms with Crippen molar-refractivity contribution in [3.05, 3.63) is 42.5 Å². The summed E-state index contributed by atoms with van der Waals surface area (Å²) in [7, 11) is -3.38. The van der Waals surface area contributed by atoms with E-state index in [1.807, 2.05) is 36.1 Å². The van der Waals surface area contributed by atoms with Crippen LogP contribution in [-0.2, 0) is 19.6 Å². The maximum Gasteiger partial charge on any atom is 0.232 e. The smallest absolute Gasteiger partial charge is 0.232 e. The third-order valence-electron chi connectivity index (χ3n) is 5.79. The van der Waals surface area contributed by atoms with E-state index in [9.17, 15) is 18.0 Å². The molecular formula is C23H27N3O4S. The highest BCUT2D eigenvalue weighted by atomic mass is 32.2. The Morgan fingerprint density at radius 3 is 2.42 bits per heavy atom. The average Bonchev–Trinajstić information content (AvgIpc) is 3.57. The van der Waals surface area contributed by atoms with Gasteiger partial charge in [-0.05, 0) is 62.1 Å². The zero-order valence-corrected chi connectivity index (χ0v) is 18.8. The van der Waals surface area contributed by atoms with E-state index in [2.05, 4.69) is 4.72 Å². The minimum Gasteiger partial charge on any atom is -0.308 e. The molecule has 2 aromatic rings. The average molecular weight is 442 g/mol. The molecule has 1 atom stereocenters. The van der Waals surface area contributed by atoms with E-state index in [1.54, 1.807) is 30.0 Å². The van der Waals surface area contributed by atoms with Crippen LogP contribution in [0.2, 0.25) is 0 Å². The maximum atomic E-state index is 13.0. The molecule has 8 heteroatoms. The molecule has 2 amide bonds. The van der Waals surface area contributed by atoms with Gasteiger partial charge in [-0.2, -0.15) is 0 Å². The first-order valence-electron chi connectivity index (χ1n) is 10.6. The van der Waals surface area contributed by atoms with Crippen LogP contribution in [0.15, 0.2) is 42.5 Å². The van der Waals surface area contributed by atoms with Crippen molar-refractivity contribution in [1.29, 1.82) is 0 Å². The van der Waals surface area contributed by atoms with Crippen molar-refractivity contribution < 1.29 is 18.0 Å². The van der Waals surface area contributed by atoms with E-state index in [0.717, 1.165) is 35.3 Å². The Morgan fingerprint density at radius 1 is 1.06 bits per heavy atom. The molecule has 4 rings (SSSR count). The first-order chi connectivity index (χ1) is 14.7. The van der Waals surface area contributed by atoms with E-state index in [0.29, 0.717) is 12.2 Å². The quantitative estimate of drug-likeness (QED) is 0.768. The lowest BCUT2D eigenvalue weighted by Gasteiger charge is -2.41. The van der Waals surface area contributed by atoms with Gasteiger partial charge in [0.05, 0.1) is 23.2 Å². The molecule has 0 radical (unpaired) electrons. The Bertz CT molecular complexity index is 1140. The molecule has 164 valence electrons. The van der Waals surface area contributed by atoms with Gasteiger partial charge in [0.2, 0.25) is 21.8 Å². The van der Waals surface area contributed by atoms with Crippen LogP contribution in [0.25, 0.3) is 11.1 Å². The van der Waals surface area contributed by atoms with Crippen molar-refractivity contribution in [2.45, 2.75) is 39.7 Å². The fourth-order valence-corrected chi connectivity index (χ4v) is 4.69. The van der Waals surface area contributed by atoms with Crippen LogP contribution < -0.4 is 14.5 Å². The van der Waals surface area contributed by atoms with Crippen LogP contribution in [0.5, 0.6) is 0 Å². The second-order valence-electron chi connectivity index (χ2n) is 8.25. The predicted molar refractivity (Wildman–Crippen MR) is 123 cm³/mol. The van der Waals surface area contributed by atoms with Gasteiger partial charge in [-0.25, -0.2) is 8.42 Å². The van der Waals surface area contributed by atoms with Gasteiger partial charge in [0.25, 0.3) is 0 Å². The van der Waals surface area contributed by atoms with Crippen LogP contribution in [0.4, 0.5) is 17.1 Å². The zero-order valence-electron chi connectivity index (χ0n) is 18.0. The van der Waals surface area contributed by atoms with Crippen molar-refractivity contribution in [3.63, 3.8) is 0 Å². The Morgan fingerprint density at radius 2 is 1.77 bits per heavy atom. The maximum absolute atomic E-state index is 13.0. The minimum absolute atomic E-state index is 0.00657. The van der Waals surface area contributed by atoms with E-state index >= 15 is 0 Å². The topological polar surface area (TPSA) is 86.8 Å². The van der Waals surface area contributed by atoms with E-state index in [1.165, 1.54) is 6.92 Å². The number of nitrogens with one attached hydrogen (secondary N) is 1. The van der Waals surface area contributed by atoms with E-state index in [-0.39, 0.29) is 29.5 Å². The fourth-order valence-electron chi connectivity index (χ4n) is 4.06. The third kappa shape index (κ3) is 4.30. The summed E-state index contributed by atoms with van der Waals surface area (Å²) in [5.74, 6) is 0.112. The number of rotatable bonds is 5. The molecule has 1 heterocycles. The number of carbonyl (C=O) groups excluding carboxylic acids is 2. The largest absolute Gasteiger partial charge is 0.308 e. The van der Waals surface area contributed by atoms with Crippen LogP contribution in [-0.4, -0.2) is 38.6 Å². The van der Waals surface area contributed by atoms with Gasteiger partial charge in [0, 0.05) is 25.1 Å². The Labute approximate surface area is 183 Å². The second kappa shape index (κ2) is 8.00. The molecule has 1 saturated carbocycles. The number of sulfonamides is 1. The Kier molecular flexibility index (Phi) is 5.51. The highest BCUT2D eigenvalue weighted by Crippen LogP contribution is 2.42. The molecule has 0 spiro atoms. The van der Waals surface area contributed by atoms with E-state index < -0.39 is 10.0 Å². The van der Waals surface area contributed by atoms with Crippen molar-refractivity contribution in [2.75, 3.05) is 26.8 Å². The summed E-state index contributed by atoms with van der Waals surface area (Å²) in [6, 6.07) is 12.8. The van der Waals surface area contributed by atoms with Crippen molar-refractivity contribution >= 4 is 38.9 Å². The minimum atomic E-state index is -3.38. The molecule has 0 saturated heterocycles. The third-order valence-corrected chi connectivity index (χ3v) is 7.10. The SMILES string of the molecule is CCS(=O)(=O)Nc1cccc(-c2ccc3c(c2)N(C(=O)C2CC2)C[C@H](C)N3C(C)=O)c1. The first kappa shape index (κ1) is 21.4. The van der Waals surface area contributed by atoms with Gasteiger partial charge in [-0.3, -0.25) is 14.3 Å². The molecule has 1 aliphatic carbocycles. The molecule has 0 unspecified atom stereocenters. The van der Waals surface area contributed by atoms with Gasteiger partial charge in [0.15, 0.2) is 0 Å². The monoisotopic (exact) mass is 441 g/mol. The van der Waals surface area contributed by atoms with E-state index in [4.69, 9.17) is 0 Å². The fraction of sp³-hybridized carbons (Fsp3) is 0.391. The molecule has 1 N–H and O–H groups in total. The molecular weight excluding hydrogens is 414 g/mol. The summed E-state index contributed by atoms with van der Waals surface area (Å²) in [6.45, 7) is 5.54. The number of hydrogen-bond donors (Lipinski definition) is 1. The normalized spacial score (nSPS) is 18.5. The molecule has 0 aromatic heterocycles. The summed E-state index contributed by atoms with van der Waals surface area (Å²) >= 11 is 0. The summed E-state index contributed by atoms with van der Waals surface area (Å²) in [5, 5.41) is 0. The highest BCUT2D eigenvalue weighted by Gasteiger charge is 2.39. The zero-order chi connectivity index (χ0) is 22.3. The molecule has 1 aliphatic heterocycles. The van der Waals surface area contributed by atoms with Crippen LogP contribution in [0.1, 0.15) is 33.6 Å². The lowest BCUT2D eigenvalue weighted by atomic mass is 10.00. The van der Waals surface area contributed by atoms with Gasteiger partial charge in [-0.1, -0.05) is 18.2 Å². The molecule has 2 aliphatic rings. The van der Waals surface area contributed by atoms with Crippen LogP contribution in [0.3, 0.4) is 0 Å². The number of anilines is 3. The van der Waals surface area contributed by atoms with Crippen LogP contribution in [0, 0.1) is 5.92 Å². The predicted octanol–water partition coefficient (Wildman–Crippen LogP) is 3.61. The molecule has 31 heavy (non-hydrogen) atoms. The number of nitrogens with zero attached hydrogens (tertiary/aromatic N) is 2. The standard InChI is InChI=1S/C23H27N3O4S/c1-4-31(29,30)24-20-7-5-6-18(12-20)19-10-11-21-22(13-19)25(23(28)17-8-9-17)14-15(2)26(21)16(3)27/h5-7,10-13,15,17,24H,4,8-9,14H2,1-3H3/t15-/m0/s1. The second-order valence-corrected chi connectivity index (χ2v) is 10.3. The molecule has 7 nitrogen and oxygen atoms in total. The Hall–Kier alpha value is -2.87. The lowest BCUT2D eigenvalue weighted by molar-refractivity contribution is -0.120. The van der Waals surface area contributed by atoms with Gasteiger partial charge in [-0.15, -0.1) is 0 Å². The highest BCUT2D eigenvalue weighted by molar-refractivity contribution is 7.92. The van der Waals surface area contributed by atoms with Crippen molar-refractivity contribution in [1.82, 2.24) is 0 Å².